The van der Waals surface area contributed by atoms with Gasteiger partial charge in [0, 0.05) is 5.92 Å². The summed E-state index contributed by atoms with van der Waals surface area (Å²) in [5.41, 5.74) is 0.321. The molecule has 2 spiro atoms. The molecular formula is C20H34O2. The van der Waals surface area contributed by atoms with Crippen LogP contribution >= 0.6 is 0 Å². The molecule has 0 aromatic rings. The SMILES string of the molecule is OC1C2C(CCC13CCCCC3)CCC1(CCCCC1)C2O. The Hall–Kier alpha value is -0.0800. The van der Waals surface area contributed by atoms with Crippen molar-refractivity contribution in [3.05, 3.63) is 0 Å². The van der Waals surface area contributed by atoms with Gasteiger partial charge in [-0.1, -0.05) is 38.5 Å². The molecular weight excluding hydrogens is 272 g/mol. The predicted molar refractivity (Wildman–Crippen MR) is 88.5 cm³/mol. The van der Waals surface area contributed by atoms with Crippen LogP contribution in [0.25, 0.3) is 0 Å². The summed E-state index contributed by atoms with van der Waals surface area (Å²) in [4.78, 5) is 0. The van der Waals surface area contributed by atoms with Gasteiger partial charge in [-0.15, -0.1) is 0 Å². The summed E-state index contributed by atoms with van der Waals surface area (Å²) in [5.74, 6) is 0.767. The predicted octanol–water partition coefficient (Wildman–Crippen LogP) is 4.43. The number of hydrogen-bond acceptors (Lipinski definition) is 2. The van der Waals surface area contributed by atoms with E-state index in [1.54, 1.807) is 0 Å². The second-order valence-corrected chi connectivity index (χ2v) is 9.15. The minimum Gasteiger partial charge on any atom is -0.392 e. The summed E-state index contributed by atoms with van der Waals surface area (Å²) in [6.45, 7) is 0. The van der Waals surface area contributed by atoms with E-state index in [4.69, 9.17) is 0 Å². The zero-order chi connectivity index (χ0) is 15.2. The molecule has 2 heteroatoms. The van der Waals surface area contributed by atoms with Gasteiger partial charge in [0.2, 0.25) is 0 Å². The van der Waals surface area contributed by atoms with Gasteiger partial charge in [-0.3, -0.25) is 0 Å². The van der Waals surface area contributed by atoms with Gasteiger partial charge in [-0.2, -0.15) is 0 Å². The molecule has 2 nitrogen and oxygen atoms in total. The van der Waals surface area contributed by atoms with Crippen LogP contribution in [0.2, 0.25) is 0 Å². The minimum atomic E-state index is -0.236. The van der Waals surface area contributed by atoms with Crippen molar-refractivity contribution >= 4 is 0 Å². The van der Waals surface area contributed by atoms with E-state index in [2.05, 4.69) is 0 Å². The van der Waals surface area contributed by atoms with Crippen molar-refractivity contribution in [3.63, 3.8) is 0 Å². The topological polar surface area (TPSA) is 40.5 Å². The molecule has 0 aromatic heterocycles. The Morgan fingerprint density at radius 2 is 0.955 bits per heavy atom. The average molecular weight is 306 g/mol. The Bertz CT molecular complexity index is 357. The first-order chi connectivity index (χ1) is 10.7. The van der Waals surface area contributed by atoms with Crippen LogP contribution < -0.4 is 0 Å². The first kappa shape index (κ1) is 15.4. The maximum atomic E-state index is 11.3. The van der Waals surface area contributed by atoms with E-state index in [0.29, 0.717) is 5.92 Å². The summed E-state index contributed by atoms with van der Waals surface area (Å²) in [7, 11) is 0. The number of aliphatic hydroxyl groups is 2. The molecule has 4 saturated carbocycles. The molecule has 0 saturated heterocycles. The van der Waals surface area contributed by atoms with Gasteiger partial charge in [0.15, 0.2) is 0 Å². The monoisotopic (exact) mass is 306 g/mol. The highest BCUT2D eigenvalue weighted by atomic mass is 16.3. The molecule has 2 N–H and O–H groups in total. The van der Waals surface area contributed by atoms with E-state index in [-0.39, 0.29) is 29.0 Å². The average Bonchev–Trinajstić information content (AvgIpc) is 2.57. The summed E-state index contributed by atoms with van der Waals surface area (Å²) in [6, 6.07) is 0. The van der Waals surface area contributed by atoms with E-state index in [0.717, 1.165) is 0 Å². The molecule has 4 rings (SSSR count). The molecule has 126 valence electrons. The van der Waals surface area contributed by atoms with Crippen LogP contribution in [0.4, 0.5) is 0 Å². The highest BCUT2D eigenvalue weighted by Gasteiger charge is 2.57. The van der Waals surface area contributed by atoms with Crippen LogP contribution in [0.3, 0.4) is 0 Å². The number of rotatable bonds is 0. The second-order valence-electron chi connectivity index (χ2n) is 9.15. The van der Waals surface area contributed by atoms with Crippen LogP contribution in [-0.4, -0.2) is 22.4 Å². The summed E-state index contributed by atoms with van der Waals surface area (Å²) >= 11 is 0. The van der Waals surface area contributed by atoms with Crippen molar-refractivity contribution < 1.29 is 10.2 Å². The smallest absolute Gasteiger partial charge is 0.0652 e. The van der Waals surface area contributed by atoms with E-state index in [9.17, 15) is 10.2 Å². The lowest BCUT2D eigenvalue weighted by Gasteiger charge is -2.58. The van der Waals surface area contributed by atoms with Crippen molar-refractivity contribution in [1.29, 1.82) is 0 Å². The quantitative estimate of drug-likeness (QED) is 0.695. The molecule has 2 unspecified atom stereocenters. The normalized spacial score (nSPS) is 43.9. The molecule has 0 amide bonds. The fourth-order valence-electron chi connectivity index (χ4n) is 6.88. The highest BCUT2D eigenvalue weighted by Crippen LogP contribution is 2.59. The zero-order valence-corrected chi connectivity index (χ0v) is 14.1. The maximum Gasteiger partial charge on any atom is 0.0652 e. The Balaban J connectivity index is 1.59. The van der Waals surface area contributed by atoms with Crippen LogP contribution in [-0.2, 0) is 0 Å². The molecule has 0 aromatic carbocycles. The lowest BCUT2D eigenvalue weighted by Crippen LogP contribution is -2.59. The van der Waals surface area contributed by atoms with Crippen LogP contribution in [0.5, 0.6) is 0 Å². The molecule has 4 aliphatic carbocycles. The first-order valence-corrected chi connectivity index (χ1v) is 10.0. The van der Waals surface area contributed by atoms with Crippen LogP contribution in [0.15, 0.2) is 0 Å². The summed E-state index contributed by atoms with van der Waals surface area (Å²) in [5, 5.41) is 22.6. The van der Waals surface area contributed by atoms with Gasteiger partial charge >= 0.3 is 0 Å². The molecule has 0 heterocycles. The Morgan fingerprint density at radius 3 is 1.36 bits per heavy atom. The van der Waals surface area contributed by atoms with Crippen LogP contribution in [0.1, 0.15) is 89.9 Å². The third kappa shape index (κ3) is 2.28. The first-order valence-electron chi connectivity index (χ1n) is 10.0. The fourth-order valence-corrected chi connectivity index (χ4v) is 6.88. The standard InChI is InChI=1S/C20H34O2/c21-17-16-15(7-13-19(17)9-3-1-4-10-19)8-14-20(18(16)22)11-5-2-6-12-20/h15-18,21-22H,1-14H2. The van der Waals surface area contributed by atoms with Crippen molar-refractivity contribution in [2.75, 3.05) is 0 Å². The molecule has 0 bridgehead atoms. The van der Waals surface area contributed by atoms with Crippen LogP contribution in [0, 0.1) is 22.7 Å². The molecule has 4 aliphatic rings. The Morgan fingerprint density at radius 1 is 0.545 bits per heavy atom. The van der Waals surface area contributed by atoms with Crippen molar-refractivity contribution in [3.8, 4) is 0 Å². The number of aliphatic hydroxyl groups excluding tert-OH is 2. The van der Waals surface area contributed by atoms with Gasteiger partial charge in [0.1, 0.15) is 0 Å². The number of fused-ring (bicyclic) bond motifs is 1. The largest absolute Gasteiger partial charge is 0.392 e. The number of hydrogen-bond donors (Lipinski definition) is 2. The molecule has 4 fully saturated rings. The van der Waals surface area contributed by atoms with Gasteiger partial charge in [-0.05, 0) is 68.1 Å². The minimum absolute atomic E-state index is 0.160. The van der Waals surface area contributed by atoms with E-state index in [1.165, 1.54) is 89.9 Å². The van der Waals surface area contributed by atoms with Gasteiger partial charge in [-0.25, -0.2) is 0 Å². The Kier molecular flexibility index (Phi) is 4.05. The Labute approximate surface area is 135 Å². The van der Waals surface area contributed by atoms with Gasteiger partial charge < -0.3 is 10.2 Å². The molecule has 2 atom stereocenters. The van der Waals surface area contributed by atoms with Gasteiger partial charge in [0.25, 0.3) is 0 Å². The van der Waals surface area contributed by atoms with Crippen molar-refractivity contribution in [2.45, 2.75) is 102 Å². The van der Waals surface area contributed by atoms with E-state index in [1.807, 2.05) is 0 Å². The zero-order valence-electron chi connectivity index (χ0n) is 14.1. The molecule has 0 radical (unpaired) electrons. The highest BCUT2D eigenvalue weighted by molar-refractivity contribution is 5.07. The third-order valence-corrected chi connectivity index (χ3v) is 8.25. The third-order valence-electron chi connectivity index (χ3n) is 8.25. The second kappa shape index (κ2) is 5.77. The summed E-state index contributed by atoms with van der Waals surface area (Å²) in [6.07, 6.45) is 17.1. The fraction of sp³-hybridized carbons (Fsp3) is 1.00. The molecule has 0 aliphatic heterocycles. The van der Waals surface area contributed by atoms with Crippen molar-refractivity contribution in [2.24, 2.45) is 22.7 Å². The molecule has 22 heavy (non-hydrogen) atoms. The van der Waals surface area contributed by atoms with E-state index < -0.39 is 0 Å². The maximum absolute atomic E-state index is 11.3. The summed E-state index contributed by atoms with van der Waals surface area (Å²) < 4.78 is 0. The van der Waals surface area contributed by atoms with Crippen molar-refractivity contribution in [1.82, 2.24) is 0 Å². The van der Waals surface area contributed by atoms with E-state index >= 15 is 0 Å². The lowest BCUT2D eigenvalue weighted by atomic mass is 9.49. The lowest BCUT2D eigenvalue weighted by molar-refractivity contribution is -0.188. The van der Waals surface area contributed by atoms with Gasteiger partial charge in [0.05, 0.1) is 12.2 Å².